The number of halogens is 3. The van der Waals surface area contributed by atoms with Crippen LogP contribution in [0.5, 0.6) is 0 Å². The standard InChI is InChI=1S/C7H2F2IN/c8-6-2-5(10)1-4(3-11)7(6)9/h1-2H. The first kappa shape index (κ1) is 8.40. The van der Waals surface area contributed by atoms with E-state index in [0.29, 0.717) is 3.57 Å². The molecule has 4 heteroatoms. The number of hydrogen-bond acceptors (Lipinski definition) is 1. The lowest BCUT2D eigenvalue weighted by Crippen LogP contribution is -1.90. The third-order valence-corrected chi connectivity index (χ3v) is 1.74. The molecular weight excluding hydrogens is 263 g/mol. The topological polar surface area (TPSA) is 23.8 Å². The summed E-state index contributed by atoms with van der Waals surface area (Å²) >= 11 is 1.81. The van der Waals surface area contributed by atoms with E-state index in [2.05, 4.69) is 0 Å². The van der Waals surface area contributed by atoms with E-state index in [1.807, 2.05) is 22.6 Å². The second kappa shape index (κ2) is 3.13. The molecule has 0 N–H and O–H groups in total. The maximum Gasteiger partial charge on any atom is 0.176 e. The van der Waals surface area contributed by atoms with Crippen molar-refractivity contribution in [2.45, 2.75) is 0 Å². The van der Waals surface area contributed by atoms with E-state index in [0.717, 1.165) is 6.07 Å². The molecular formula is C7H2F2IN. The van der Waals surface area contributed by atoms with Crippen molar-refractivity contribution in [2.75, 3.05) is 0 Å². The first-order valence-electron chi connectivity index (χ1n) is 2.70. The molecule has 0 fully saturated rings. The minimum atomic E-state index is -1.08. The number of rotatable bonds is 0. The van der Waals surface area contributed by atoms with Gasteiger partial charge in [0.15, 0.2) is 11.6 Å². The molecule has 0 radical (unpaired) electrons. The Bertz CT molecular complexity index is 330. The van der Waals surface area contributed by atoms with Gasteiger partial charge in [0.2, 0.25) is 0 Å². The zero-order valence-electron chi connectivity index (χ0n) is 5.24. The first-order chi connectivity index (χ1) is 5.15. The van der Waals surface area contributed by atoms with E-state index >= 15 is 0 Å². The summed E-state index contributed by atoms with van der Waals surface area (Å²) in [7, 11) is 0. The van der Waals surface area contributed by atoms with Crippen molar-refractivity contribution in [1.82, 2.24) is 0 Å². The van der Waals surface area contributed by atoms with Gasteiger partial charge in [-0.1, -0.05) is 0 Å². The van der Waals surface area contributed by atoms with Crippen molar-refractivity contribution < 1.29 is 8.78 Å². The number of benzene rings is 1. The van der Waals surface area contributed by atoms with Crippen LogP contribution in [0, 0.1) is 26.5 Å². The Morgan fingerprint density at radius 3 is 2.55 bits per heavy atom. The van der Waals surface area contributed by atoms with Gasteiger partial charge < -0.3 is 0 Å². The Morgan fingerprint density at radius 2 is 2.00 bits per heavy atom. The maximum absolute atomic E-state index is 12.6. The zero-order valence-corrected chi connectivity index (χ0v) is 7.39. The molecule has 1 nitrogen and oxygen atoms in total. The Hall–Kier alpha value is -0.700. The normalized spacial score (nSPS) is 9.27. The Morgan fingerprint density at radius 1 is 1.36 bits per heavy atom. The van der Waals surface area contributed by atoms with Gasteiger partial charge >= 0.3 is 0 Å². The molecule has 0 unspecified atom stereocenters. The highest BCUT2D eigenvalue weighted by Crippen LogP contribution is 2.15. The van der Waals surface area contributed by atoms with Crippen molar-refractivity contribution in [2.24, 2.45) is 0 Å². The third-order valence-electron chi connectivity index (χ3n) is 1.11. The molecule has 0 bridgehead atoms. The van der Waals surface area contributed by atoms with Crippen LogP contribution in [-0.4, -0.2) is 0 Å². The van der Waals surface area contributed by atoms with Crippen LogP contribution in [0.2, 0.25) is 0 Å². The largest absolute Gasteiger partial charge is 0.204 e. The van der Waals surface area contributed by atoms with Gasteiger partial charge in [0, 0.05) is 3.57 Å². The quantitative estimate of drug-likeness (QED) is 0.522. The highest BCUT2D eigenvalue weighted by molar-refractivity contribution is 14.1. The first-order valence-corrected chi connectivity index (χ1v) is 3.77. The Balaban J connectivity index is 3.39. The smallest absolute Gasteiger partial charge is 0.176 e. The zero-order chi connectivity index (χ0) is 8.43. The molecule has 0 aliphatic rings. The lowest BCUT2D eigenvalue weighted by Gasteiger charge is -1.95. The van der Waals surface area contributed by atoms with Gasteiger partial charge in [-0.2, -0.15) is 5.26 Å². The molecule has 1 rings (SSSR count). The van der Waals surface area contributed by atoms with Crippen LogP contribution in [0.25, 0.3) is 0 Å². The van der Waals surface area contributed by atoms with Crippen molar-refractivity contribution >= 4 is 22.6 Å². The fourth-order valence-electron chi connectivity index (χ4n) is 0.637. The van der Waals surface area contributed by atoms with Crippen molar-refractivity contribution in [1.29, 1.82) is 5.26 Å². The highest BCUT2D eigenvalue weighted by Gasteiger charge is 2.08. The molecule has 0 saturated heterocycles. The fraction of sp³-hybridized carbons (Fsp3) is 0. The fourth-order valence-corrected chi connectivity index (χ4v) is 1.22. The monoisotopic (exact) mass is 265 g/mol. The molecule has 0 aliphatic heterocycles. The molecule has 0 heterocycles. The summed E-state index contributed by atoms with van der Waals surface area (Å²) in [5.74, 6) is -2.05. The molecule has 0 spiro atoms. The lowest BCUT2D eigenvalue weighted by atomic mass is 10.2. The molecule has 0 atom stereocenters. The summed E-state index contributed by atoms with van der Waals surface area (Å²) in [6, 6.07) is 3.89. The predicted molar refractivity (Wildman–Crippen MR) is 43.8 cm³/mol. The lowest BCUT2D eigenvalue weighted by molar-refractivity contribution is 0.505. The van der Waals surface area contributed by atoms with Gasteiger partial charge in [-0.05, 0) is 34.7 Å². The maximum atomic E-state index is 12.6. The Labute approximate surface area is 75.8 Å². The molecule has 0 amide bonds. The van der Waals surface area contributed by atoms with Crippen LogP contribution in [-0.2, 0) is 0 Å². The molecule has 56 valence electrons. The number of hydrogen-bond donors (Lipinski definition) is 0. The van der Waals surface area contributed by atoms with Gasteiger partial charge in [0.1, 0.15) is 6.07 Å². The second-order valence-electron chi connectivity index (χ2n) is 1.86. The predicted octanol–water partition coefficient (Wildman–Crippen LogP) is 2.44. The van der Waals surface area contributed by atoms with E-state index in [1.165, 1.54) is 6.07 Å². The molecule has 0 aliphatic carbocycles. The summed E-state index contributed by atoms with van der Waals surface area (Å²) in [5, 5.41) is 8.31. The van der Waals surface area contributed by atoms with Gasteiger partial charge in [-0.25, -0.2) is 8.78 Å². The summed E-state index contributed by atoms with van der Waals surface area (Å²) in [4.78, 5) is 0. The van der Waals surface area contributed by atoms with E-state index in [4.69, 9.17) is 5.26 Å². The average Bonchev–Trinajstić information content (AvgIpc) is 1.96. The minimum Gasteiger partial charge on any atom is -0.204 e. The SMILES string of the molecule is N#Cc1cc(I)cc(F)c1F. The van der Waals surface area contributed by atoms with Crippen LogP contribution in [0.3, 0.4) is 0 Å². The van der Waals surface area contributed by atoms with E-state index in [1.54, 1.807) is 6.07 Å². The molecule has 0 saturated carbocycles. The summed E-state index contributed by atoms with van der Waals surface area (Å²) in [6.45, 7) is 0. The molecule has 11 heavy (non-hydrogen) atoms. The van der Waals surface area contributed by atoms with Crippen LogP contribution in [0.15, 0.2) is 12.1 Å². The van der Waals surface area contributed by atoms with Crippen LogP contribution >= 0.6 is 22.6 Å². The van der Waals surface area contributed by atoms with E-state index in [9.17, 15) is 8.78 Å². The van der Waals surface area contributed by atoms with E-state index < -0.39 is 11.6 Å². The number of nitriles is 1. The van der Waals surface area contributed by atoms with Crippen molar-refractivity contribution in [3.8, 4) is 6.07 Å². The van der Waals surface area contributed by atoms with Crippen LogP contribution in [0.4, 0.5) is 8.78 Å². The van der Waals surface area contributed by atoms with Gasteiger partial charge in [0.25, 0.3) is 0 Å². The summed E-state index contributed by atoms with van der Waals surface area (Å²) < 4.78 is 25.6. The Kier molecular flexibility index (Phi) is 2.39. The highest BCUT2D eigenvalue weighted by atomic mass is 127. The van der Waals surface area contributed by atoms with Gasteiger partial charge in [-0.15, -0.1) is 0 Å². The molecule has 0 aromatic heterocycles. The number of nitrogens with zero attached hydrogens (tertiary/aromatic N) is 1. The van der Waals surface area contributed by atoms with Gasteiger partial charge in [-0.3, -0.25) is 0 Å². The summed E-state index contributed by atoms with van der Waals surface area (Å²) in [5.41, 5.74) is -0.255. The third kappa shape index (κ3) is 1.66. The second-order valence-corrected chi connectivity index (χ2v) is 3.11. The average molecular weight is 265 g/mol. The van der Waals surface area contributed by atoms with Crippen molar-refractivity contribution in [3.63, 3.8) is 0 Å². The van der Waals surface area contributed by atoms with Crippen molar-refractivity contribution in [3.05, 3.63) is 32.9 Å². The van der Waals surface area contributed by atoms with Gasteiger partial charge in [0.05, 0.1) is 5.56 Å². The van der Waals surface area contributed by atoms with E-state index in [-0.39, 0.29) is 5.56 Å². The van der Waals surface area contributed by atoms with Crippen LogP contribution < -0.4 is 0 Å². The molecule has 1 aromatic rings. The molecule has 1 aromatic carbocycles. The van der Waals surface area contributed by atoms with Crippen LogP contribution in [0.1, 0.15) is 5.56 Å². The summed E-state index contributed by atoms with van der Waals surface area (Å²) in [6.07, 6.45) is 0. The minimum absolute atomic E-state index is 0.255.